The van der Waals surface area contributed by atoms with Crippen molar-refractivity contribution in [2.75, 3.05) is 23.0 Å². The van der Waals surface area contributed by atoms with Crippen molar-refractivity contribution < 1.29 is 0 Å². The van der Waals surface area contributed by atoms with E-state index in [4.69, 9.17) is 11.1 Å². The zero-order valence-corrected chi connectivity index (χ0v) is 11.2. The number of nitrogens with one attached hydrogen (secondary N) is 1. The predicted molar refractivity (Wildman–Crippen MR) is 76.3 cm³/mol. The lowest BCUT2D eigenvalue weighted by Crippen LogP contribution is -2.41. The van der Waals surface area contributed by atoms with Crippen molar-refractivity contribution in [1.82, 2.24) is 0 Å². The molecule has 4 heteroatoms. The van der Waals surface area contributed by atoms with E-state index in [0.29, 0.717) is 6.04 Å². The number of anilines is 1. The Morgan fingerprint density at radius 3 is 2.94 bits per heavy atom. The molecule has 1 aliphatic heterocycles. The molecule has 1 aromatic rings. The number of hydrogen-bond acceptors (Lipinski definition) is 3. The molecule has 0 aliphatic carbocycles. The van der Waals surface area contributed by atoms with E-state index < -0.39 is 0 Å². The lowest BCUT2D eigenvalue weighted by Gasteiger charge is -2.37. The van der Waals surface area contributed by atoms with Crippen LogP contribution in [0.15, 0.2) is 18.2 Å². The van der Waals surface area contributed by atoms with Gasteiger partial charge in [-0.05, 0) is 25.5 Å². The van der Waals surface area contributed by atoms with E-state index in [2.05, 4.69) is 24.8 Å². The number of aryl methyl sites for hydroxylation is 1. The first-order valence-electron chi connectivity index (χ1n) is 5.89. The van der Waals surface area contributed by atoms with E-state index in [-0.39, 0.29) is 5.84 Å². The van der Waals surface area contributed by atoms with Crippen molar-refractivity contribution in [1.29, 1.82) is 5.41 Å². The van der Waals surface area contributed by atoms with Gasteiger partial charge in [-0.25, -0.2) is 0 Å². The number of thioether (sulfide) groups is 1. The molecular formula is C13H19N3S. The molecule has 1 unspecified atom stereocenters. The van der Waals surface area contributed by atoms with Gasteiger partial charge in [0.2, 0.25) is 0 Å². The highest BCUT2D eigenvalue weighted by molar-refractivity contribution is 7.99. The van der Waals surface area contributed by atoms with Crippen LogP contribution >= 0.6 is 11.8 Å². The molecule has 3 N–H and O–H groups in total. The average molecular weight is 249 g/mol. The summed E-state index contributed by atoms with van der Waals surface area (Å²) in [6, 6.07) is 6.52. The minimum Gasteiger partial charge on any atom is -0.384 e. The normalized spacial score (nSPS) is 20.4. The Labute approximate surface area is 107 Å². The minimum atomic E-state index is 0.161. The number of hydrogen-bond donors (Lipinski definition) is 2. The van der Waals surface area contributed by atoms with Gasteiger partial charge >= 0.3 is 0 Å². The maximum Gasteiger partial charge on any atom is 0.124 e. The largest absolute Gasteiger partial charge is 0.384 e. The Morgan fingerprint density at radius 1 is 1.53 bits per heavy atom. The smallest absolute Gasteiger partial charge is 0.124 e. The third-order valence-corrected chi connectivity index (χ3v) is 4.37. The predicted octanol–water partition coefficient (Wildman–Crippen LogP) is 2.22. The molecule has 1 atom stereocenters. The number of nitrogens with zero attached hydrogens (tertiary/aromatic N) is 1. The summed E-state index contributed by atoms with van der Waals surface area (Å²) in [4.78, 5) is 2.39. The van der Waals surface area contributed by atoms with Crippen molar-refractivity contribution in [3.63, 3.8) is 0 Å². The van der Waals surface area contributed by atoms with Crippen LogP contribution in [0.3, 0.4) is 0 Å². The van der Waals surface area contributed by atoms with Crippen LogP contribution in [0.2, 0.25) is 0 Å². The topological polar surface area (TPSA) is 53.1 Å². The van der Waals surface area contributed by atoms with Crippen molar-refractivity contribution in [3.8, 4) is 0 Å². The van der Waals surface area contributed by atoms with Gasteiger partial charge in [0, 0.05) is 29.7 Å². The number of benzene rings is 1. The molecule has 0 aromatic heterocycles. The Bertz CT molecular complexity index is 431. The molecule has 17 heavy (non-hydrogen) atoms. The van der Waals surface area contributed by atoms with Gasteiger partial charge in [-0.2, -0.15) is 11.8 Å². The quantitative estimate of drug-likeness (QED) is 0.624. The Morgan fingerprint density at radius 2 is 2.29 bits per heavy atom. The molecule has 1 saturated heterocycles. The number of nitrogen functional groups attached to an aromatic ring is 1. The molecule has 0 spiro atoms. The van der Waals surface area contributed by atoms with Crippen LogP contribution in [0.4, 0.5) is 5.69 Å². The Kier molecular flexibility index (Phi) is 3.62. The van der Waals surface area contributed by atoms with Crippen molar-refractivity contribution in [2.45, 2.75) is 19.9 Å². The van der Waals surface area contributed by atoms with Gasteiger partial charge in [-0.3, -0.25) is 5.41 Å². The number of nitrogens with two attached hydrogens (primary N) is 1. The second-order valence-corrected chi connectivity index (χ2v) is 5.65. The average Bonchev–Trinajstić information content (AvgIpc) is 2.30. The van der Waals surface area contributed by atoms with Crippen molar-refractivity contribution in [2.24, 2.45) is 5.73 Å². The fourth-order valence-electron chi connectivity index (χ4n) is 2.32. The molecule has 0 radical (unpaired) electrons. The van der Waals surface area contributed by atoms with Gasteiger partial charge in [-0.15, -0.1) is 0 Å². The number of rotatable bonds is 2. The van der Waals surface area contributed by atoms with Gasteiger partial charge in [0.1, 0.15) is 5.84 Å². The summed E-state index contributed by atoms with van der Waals surface area (Å²) >= 11 is 1.99. The van der Waals surface area contributed by atoms with Crippen LogP contribution in [-0.4, -0.2) is 29.9 Å². The van der Waals surface area contributed by atoms with Gasteiger partial charge in [0.15, 0.2) is 0 Å². The standard InChI is InChI=1S/C13H19N3S/c1-9-4-3-5-11(13(14)15)12(9)16-6-7-17-8-10(16)2/h3-5,10H,6-8H2,1-2H3,(H3,14,15). The molecule has 0 saturated carbocycles. The molecule has 1 aliphatic rings. The first-order chi connectivity index (χ1) is 8.11. The highest BCUT2D eigenvalue weighted by Crippen LogP contribution is 2.30. The van der Waals surface area contributed by atoms with Crippen LogP contribution < -0.4 is 10.6 Å². The first kappa shape index (κ1) is 12.3. The molecule has 0 bridgehead atoms. The first-order valence-corrected chi connectivity index (χ1v) is 7.05. The highest BCUT2D eigenvalue weighted by atomic mass is 32.2. The van der Waals surface area contributed by atoms with Gasteiger partial charge in [0.05, 0.1) is 5.69 Å². The summed E-state index contributed by atoms with van der Waals surface area (Å²) in [5, 5.41) is 7.70. The summed E-state index contributed by atoms with van der Waals surface area (Å²) in [6.45, 7) is 5.37. The second kappa shape index (κ2) is 5.00. The second-order valence-electron chi connectivity index (χ2n) is 4.50. The summed E-state index contributed by atoms with van der Waals surface area (Å²) in [6.07, 6.45) is 0. The van der Waals surface area contributed by atoms with Crippen LogP contribution in [0, 0.1) is 12.3 Å². The van der Waals surface area contributed by atoms with E-state index in [9.17, 15) is 0 Å². The SMILES string of the molecule is Cc1cccc(C(=N)N)c1N1CCSCC1C. The summed E-state index contributed by atoms with van der Waals surface area (Å²) in [5.41, 5.74) is 8.90. The Balaban J connectivity index is 2.45. The molecule has 3 nitrogen and oxygen atoms in total. The van der Waals surface area contributed by atoms with Crippen LogP contribution in [0.25, 0.3) is 0 Å². The van der Waals surface area contributed by atoms with Crippen LogP contribution in [0.1, 0.15) is 18.1 Å². The van der Waals surface area contributed by atoms with Crippen molar-refractivity contribution >= 4 is 23.3 Å². The van der Waals surface area contributed by atoms with E-state index in [1.54, 1.807) is 0 Å². The highest BCUT2D eigenvalue weighted by Gasteiger charge is 2.23. The van der Waals surface area contributed by atoms with Gasteiger partial charge < -0.3 is 10.6 Å². The monoisotopic (exact) mass is 249 g/mol. The van der Waals surface area contributed by atoms with Crippen LogP contribution in [-0.2, 0) is 0 Å². The summed E-state index contributed by atoms with van der Waals surface area (Å²) in [7, 11) is 0. The molecule has 1 heterocycles. The van der Waals surface area contributed by atoms with E-state index >= 15 is 0 Å². The zero-order chi connectivity index (χ0) is 12.4. The molecule has 92 valence electrons. The maximum atomic E-state index is 7.70. The zero-order valence-electron chi connectivity index (χ0n) is 10.4. The third kappa shape index (κ3) is 2.41. The van der Waals surface area contributed by atoms with E-state index in [0.717, 1.165) is 29.3 Å². The minimum absolute atomic E-state index is 0.161. The third-order valence-electron chi connectivity index (χ3n) is 3.18. The number of amidine groups is 1. The molecular weight excluding hydrogens is 230 g/mol. The van der Waals surface area contributed by atoms with Gasteiger partial charge in [-0.1, -0.05) is 12.1 Å². The van der Waals surface area contributed by atoms with Gasteiger partial charge in [0.25, 0.3) is 0 Å². The fraction of sp³-hybridized carbons (Fsp3) is 0.462. The van der Waals surface area contributed by atoms with Crippen molar-refractivity contribution in [3.05, 3.63) is 29.3 Å². The van der Waals surface area contributed by atoms with E-state index in [1.807, 2.05) is 23.9 Å². The fourth-order valence-corrected chi connectivity index (χ4v) is 3.33. The number of para-hydroxylation sites is 1. The van der Waals surface area contributed by atoms with Crippen LogP contribution in [0.5, 0.6) is 0 Å². The maximum absolute atomic E-state index is 7.70. The van der Waals surface area contributed by atoms with E-state index in [1.165, 1.54) is 5.56 Å². The lowest BCUT2D eigenvalue weighted by atomic mass is 10.0. The molecule has 2 rings (SSSR count). The lowest BCUT2D eigenvalue weighted by molar-refractivity contribution is 0.697. The molecule has 1 fully saturated rings. The molecule has 0 amide bonds. The summed E-state index contributed by atoms with van der Waals surface area (Å²) in [5.74, 6) is 2.45. The molecule has 1 aromatic carbocycles. The Hall–Kier alpha value is -1.16. The summed E-state index contributed by atoms with van der Waals surface area (Å²) < 4.78 is 0.